The number of ether oxygens (including phenoxy) is 1. The standard InChI is InChI=1S/C13H14N6O/c14-9-2-1-3-10(6-9)20-5-4-19-8-18-11-12(15)16-7-17-13(11)19/h1-3,6-8H,4-5,14H2,(H2,15,16,17). The fourth-order valence-corrected chi connectivity index (χ4v) is 1.93. The molecule has 4 N–H and O–H groups in total. The first-order chi connectivity index (χ1) is 9.74. The van der Waals surface area contributed by atoms with E-state index in [4.69, 9.17) is 16.2 Å². The number of nitrogens with zero attached hydrogens (tertiary/aromatic N) is 4. The summed E-state index contributed by atoms with van der Waals surface area (Å²) in [4.78, 5) is 12.3. The number of anilines is 2. The van der Waals surface area contributed by atoms with E-state index in [1.54, 1.807) is 12.4 Å². The summed E-state index contributed by atoms with van der Waals surface area (Å²) in [5.41, 5.74) is 13.4. The number of nitrogens with two attached hydrogens (primary N) is 2. The average Bonchev–Trinajstić information content (AvgIpc) is 2.84. The highest BCUT2D eigenvalue weighted by molar-refractivity contribution is 5.81. The summed E-state index contributed by atoms with van der Waals surface area (Å²) < 4.78 is 7.51. The van der Waals surface area contributed by atoms with Crippen LogP contribution in [0.1, 0.15) is 0 Å². The predicted molar refractivity (Wildman–Crippen MR) is 76.1 cm³/mol. The van der Waals surface area contributed by atoms with E-state index in [-0.39, 0.29) is 0 Å². The van der Waals surface area contributed by atoms with Crippen molar-refractivity contribution in [2.24, 2.45) is 0 Å². The van der Waals surface area contributed by atoms with Gasteiger partial charge in [0.2, 0.25) is 0 Å². The molecule has 102 valence electrons. The largest absolute Gasteiger partial charge is 0.492 e. The van der Waals surface area contributed by atoms with Gasteiger partial charge in [0.15, 0.2) is 11.5 Å². The molecule has 1 aromatic carbocycles. The van der Waals surface area contributed by atoms with Crippen LogP contribution in [-0.2, 0) is 6.54 Å². The monoisotopic (exact) mass is 270 g/mol. The van der Waals surface area contributed by atoms with E-state index >= 15 is 0 Å². The molecule has 7 nitrogen and oxygen atoms in total. The summed E-state index contributed by atoms with van der Waals surface area (Å²) in [5.74, 6) is 1.12. The van der Waals surface area contributed by atoms with Crippen molar-refractivity contribution in [1.82, 2.24) is 19.5 Å². The Morgan fingerprint density at radius 2 is 2.05 bits per heavy atom. The molecule has 0 saturated heterocycles. The maximum absolute atomic E-state index is 5.73. The molecule has 0 unspecified atom stereocenters. The van der Waals surface area contributed by atoms with Gasteiger partial charge in [-0.3, -0.25) is 0 Å². The zero-order valence-corrected chi connectivity index (χ0v) is 10.7. The second-order valence-electron chi connectivity index (χ2n) is 4.29. The first-order valence-electron chi connectivity index (χ1n) is 6.13. The fourth-order valence-electron chi connectivity index (χ4n) is 1.93. The van der Waals surface area contributed by atoms with Crippen molar-refractivity contribution in [3.8, 4) is 5.75 Å². The number of fused-ring (bicyclic) bond motifs is 1. The molecule has 0 atom stereocenters. The highest BCUT2D eigenvalue weighted by Gasteiger charge is 2.07. The Morgan fingerprint density at radius 1 is 1.15 bits per heavy atom. The number of hydrogen-bond acceptors (Lipinski definition) is 6. The zero-order chi connectivity index (χ0) is 13.9. The molecule has 3 rings (SSSR count). The minimum absolute atomic E-state index is 0.380. The third kappa shape index (κ3) is 2.33. The minimum atomic E-state index is 0.380. The molecule has 20 heavy (non-hydrogen) atoms. The van der Waals surface area contributed by atoms with Crippen LogP contribution in [0.15, 0.2) is 36.9 Å². The number of hydrogen-bond donors (Lipinski definition) is 2. The Balaban J connectivity index is 1.70. The molecule has 0 aliphatic rings. The summed E-state index contributed by atoms with van der Waals surface area (Å²) in [7, 11) is 0. The van der Waals surface area contributed by atoms with E-state index < -0.39 is 0 Å². The second-order valence-corrected chi connectivity index (χ2v) is 4.29. The lowest BCUT2D eigenvalue weighted by atomic mass is 10.3. The molecule has 0 spiro atoms. The van der Waals surface area contributed by atoms with E-state index in [2.05, 4.69) is 15.0 Å². The van der Waals surface area contributed by atoms with Crippen molar-refractivity contribution < 1.29 is 4.74 Å². The van der Waals surface area contributed by atoms with Crippen LogP contribution in [0.25, 0.3) is 11.2 Å². The molecule has 3 aromatic rings. The number of aromatic nitrogens is 4. The van der Waals surface area contributed by atoms with Gasteiger partial charge in [0.1, 0.15) is 24.2 Å². The van der Waals surface area contributed by atoms with Gasteiger partial charge in [-0.1, -0.05) is 6.07 Å². The van der Waals surface area contributed by atoms with Crippen LogP contribution < -0.4 is 16.2 Å². The minimum Gasteiger partial charge on any atom is -0.492 e. The van der Waals surface area contributed by atoms with Crippen molar-refractivity contribution in [2.75, 3.05) is 18.1 Å². The van der Waals surface area contributed by atoms with Crippen LogP contribution >= 0.6 is 0 Å². The fraction of sp³-hybridized carbons (Fsp3) is 0.154. The zero-order valence-electron chi connectivity index (χ0n) is 10.7. The van der Waals surface area contributed by atoms with E-state index in [0.29, 0.717) is 35.8 Å². The van der Waals surface area contributed by atoms with Crippen LogP contribution in [0.4, 0.5) is 11.5 Å². The Morgan fingerprint density at radius 3 is 2.90 bits per heavy atom. The molecule has 0 fully saturated rings. The van der Waals surface area contributed by atoms with Gasteiger partial charge in [-0.2, -0.15) is 0 Å². The lowest BCUT2D eigenvalue weighted by molar-refractivity contribution is 0.300. The topological polar surface area (TPSA) is 105 Å². The Hall–Kier alpha value is -2.83. The molecular formula is C13H14N6O. The van der Waals surface area contributed by atoms with Crippen molar-refractivity contribution in [3.05, 3.63) is 36.9 Å². The van der Waals surface area contributed by atoms with Gasteiger partial charge in [0.05, 0.1) is 12.9 Å². The van der Waals surface area contributed by atoms with Crippen molar-refractivity contribution in [3.63, 3.8) is 0 Å². The third-order valence-electron chi connectivity index (χ3n) is 2.89. The van der Waals surface area contributed by atoms with Crippen LogP contribution in [0.5, 0.6) is 5.75 Å². The van der Waals surface area contributed by atoms with Gasteiger partial charge in [-0.25, -0.2) is 15.0 Å². The van der Waals surface area contributed by atoms with Gasteiger partial charge in [-0.15, -0.1) is 0 Å². The van der Waals surface area contributed by atoms with Crippen LogP contribution in [0, 0.1) is 0 Å². The molecule has 0 aliphatic carbocycles. The lowest BCUT2D eigenvalue weighted by Gasteiger charge is -2.07. The number of benzene rings is 1. The number of nitrogen functional groups attached to an aromatic ring is 2. The Kier molecular flexibility index (Phi) is 3.08. The van der Waals surface area contributed by atoms with E-state index in [1.807, 2.05) is 22.8 Å². The van der Waals surface area contributed by atoms with Gasteiger partial charge in [0, 0.05) is 11.8 Å². The molecule has 0 aliphatic heterocycles. The number of imidazole rings is 1. The summed E-state index contributed by atoms with van der Waals surface area (Å²) >= 11 is 0. The summed E-state index contributed by atoms with van der Waals surface area (Å²) in [6.45, 7) is 1.10. The number of rotatable bonds is 4. The van der Waals surface area contributed by atoms with Gasteiger partial charge < -0.3 is 20.8 Å². The first kappa shape index (κ1) is 12.2. The van der Waals surface area contributed by atoms with E-state index in [9.17, 15) is 0 Å². The van der Waals surface area contributed by atoms with Gasteiger partial charge in [-0.05, 0) is 12.1 Å². The molecule has 0 amide bonds. The van der Waals surface area contributed by atoms with Crippen molar-refractivity contribution in [2.45, 2.75) is 6.54 Å². The van der Waals surface area contributed by atoms with E-state index in [0.717, 1.165) is 5.75 Å². The maximum Gasteiger partial charge on any atom is 0.165 e. The van der Waals surface area contributed by atoms with Crippen LogP contribution in [-0.4, -0.2) is 26.1 Å². The molecule has 0 radical (unpaired) electrons. The molecule has 2 heterocycles. The summed E-state index contributed by atoms with van der Waals surface area (Å²) in [6, 6.07) is 7.32. The second kappa shape index (κ2) is 5.04. The molecule has 0 saturated carbocycles. The first-order valence-corrected chi connectivity index (χ1v) is 6.13. The third-order valence-corrected chi connectivity index (χ3v) is 2.89. The normalized spacial score (nSPS) is 10.8. The quantitative estimate of drug-likeness (QED) is 0.687. The van der Waals surface area contributed by atoms with Gasteiger partial charge in [0.25, 0.3) is 0 Å². The van der Waals surface area contributed by atoms with Crippen LogP contribution in [0.3, 0.4) is 0 Å². The lowest BCUT2D eigenvalue weighted by Crippen LogP contribution is -2.08. The Bertz CT molecular complexity index is 739. The average molecular weight is 270 g/mol. The predicted octanol–water partition coefficient (Wildman–Crippen LogP) is 1.07. The van der Waals surface area contributed by atoms with Crippen LogP contribution in [0.2, 0.25) is 0 Å². The van der Waals surface area contributed by atoms with E-state index in [1.165, 1.54) is 6.33 Å². The highest BCUT2D eigenvalue weighted by Crippen LogP contribution is 2.16. The summed E-state index contributed by atoms with van der Waals surface area (Å²) in [5, 5.41) is 0. The SMILES string of the molecule is Nc1cccc(OCCn2cnc3c(N)ncnc32)c1. The summed E-state index contributed by atoms with van der Waals surface area (Å²) in [6.07, 6.45) is 3.10. The van der Waals surface area contributed by atoms with Crippen molar-refractivity contribution in [1.29, 1.82) is 0 Å². The van der Waals surface area contributed by atoms with Crippen molar-refractivity contribution >= 4 is 22.7 Å². The molecular weight excluding hydrogens is 256 g/mol. The maximum atomic E-state index is 5.73. The molecule has 2 aromatic heterocycles. The molecule has 0 bridgehead atoms. The Labute approximate surface area is 115 Å². The van der Waals surface area contributed by atoms with Gasteiger partial charge >= 0.3 is 0 Å². The highest BCUT2D eigenvalue weighted by atomic mass is 16.5. The molecule has 7 heteroatoms. The smallest absolute Gasteiger partial charge is 0.165 e.